The number of rotatable bonds is 6. The van der Waals surface area contributed by atoms with Gasteiger partial charge in [-0.05, 0) is 25.5 Å². The van der Waals surface area contributed by atoms with Gasteiger partial charge in [-0.3, -0.25) is 10.1 Å². The Kier molecular flexibility index (Phi) is 4.46. The van der Waals surface area contributed by atoms with Crippen molar-refractivity contribution in [1.29, 1.82) is 0 Å². The Labute approximate surface area is 93.0 Å². The molecule has 0 aromatic carbocycles. The van der Waals surface area contributed by atoms with Gasteiger partial charge in [-0.15, -0.1) is 0 Å². The molecule has 0 amide bonds. The van der Waals surface area contributed by atoms with Gasteiger partial charge in [0, 0.05) is 12.6 Å². The second-order valence-corrected chi connectivity index (χ2v) is 3.28. The number of pyridine rings is 1. The summed E-state index contributed by atoms with van der Waals surface area (Å²) < 4.78 is 0. The number of hydrogen-bond donors (Lipinski definition) is 3. The number of aromatic nitrogens is 1. The molecule has 5 N–H and O–H groups in total. The lowest BCUT2D eigenvalue weighted by Crippen LogP contribution is -2.08. The van der Waals surface area contributed by atoms with Crippen molar-refractivity contribution in [2.75, 3.05) is 24.1 Å². The van der Waals surface area contributed by atoms with E-state index in [0.29, 0.717) is 12.4 Å². The molecule has 7 nitrogen and oxygen atoms in total. The van der Waals surface area contributed by atoms with Crippen LogP contribution in [0.3, 0.4) is 0 Å². The van der Waals surface area contributed by atoms with Crippen LogP contribution in [0.15, 0.2) is 12.1 Å². The number of unbranched alkanes of at least 4 members (excludes halogenated alkanes) is 1. The molecule has 1 heterocycles. The Morgan fingerprint density at radius 1 is 1.44 bits per heavy atom. The SMILES string of the molecule is NCCCCNc1ccc([N+](=O)[O-])c(N)n1. The molecule has 0 aliphatic carbocycles. The van der Waals surface area contributed by atoms with Crippen molar-refractivity contribution in [3.63, 3.8) is 0 Å². The average molecular weight is 225 g/mol. The summed E-state index contributed by atoms with van der Waals surface area (Å²) in [4.78, 5) is 13.8. The Bertz CT molecular complexity index is 369. The lowest BCUT2D eigenvalue weighted by molar-refractivity contribution is -0.384. The van der Waals surface area contributed by atoms with Crippen LogP contribution >= 0.6 is 0 Å². The molecule has 0 saturated carbocycles. The fourth-order valence-corrected chi connectivity index (χ4v) is 1.21. The molecule has 88 valence electrons. The van der Waals surface area contributed by atoms with E-state index in [1.54, 1.807) is 0 Å². The predicted octanol–water partition coefficient (Wildman–Crippen LogP) is 0.723. The summed E-state index contributed by atoms with van der Waals surface area (Å²) >= 11 is 0. The van der Waals surface area contributed by atoms with Crippen molar-refractivity contribution < 1.29 is 4.92 Å². The van der Waals surface area contributed by atoms with E-state index in [0.717, 1.165) is 19.4 Å². The highest BCUT2D eigenvalue weighted by molar-refractivity contribution is 5.57. The minimum atomic E-state index is -0.555. The molecular formula is C9H15N5O2. The van der Waals surface area contributed by atoms with Crippen molar-refractivity contribution in [1.82, 2.24) is 4.98 Å². The van der Waals surface area contributed by atoms with Gasteiger partial charge in [0.15, 0.2) is 0 Å². The third-order valence-electron chi connectivity index (χ3n) is 2.04. The van der Waals surface area contributed by atoms with Crippen LogP contribution in [0.2, 0.25) is 0 Å². The lowest BCUT2D eigenvalue weighted by Gasteiger charge is -2.05. The van der Waals surface area contributed by atoms with Crippen LogP contribution in [0, 0.1) is 10.1 Å². The number of nitro groups is 1. The zero-order chi connectivity index (χ0) is 12.0. The molecule has 0 spiro atoms. The van der Waals surface area contributed by atoms with Gasteiger partial charge in [-0.25, -0.2) is 4.98 Å². The maximum atomic E-state index is 10.5. The Morgan fingerprint density at radius 3 is 2.75 bits per heavy atom. The maximum absolute atomic E-state index is 10.5. The molecule has 16 heavy (non-hydrogen) atoms. The highest BCUT2D eigenvalue weighted by Crippen LogP contribution is 2.20. The molecule has 1 rings (SSSR count). The maximum Gasteiger partial charge on any atom is 0.311 e. The highest BCUT2D eigenvalue weighted by Gasteiger charge is 2.12. The van der Waals surface area contributed by atoms with Gasteiger partial charge in [-0.1, -0.05) is 0 Å². The monoisotopic (exact) mass is 225 g/mol. The Balaban J connectivity index is 2.56. The fourth-order valence-electron chi connectivity index (χ4n) is 1.21. The van der Waals surface area contributed by atoms with Crippen LogP contribution in [0.5, 0.6) is 0 Å². The molecular weight excluding hydrogens is 210 g/mol. The van der Waals surface area contributed by atoms with E-state index in [1.807, 2.05) is 0 Å². The van der Waals surface area contributed by atoms with E-state index >= 15 is 0 Å². The van der Waals surface area contributed by atoms with Crippen molar-refractivity contribution >= 4 is 17.3 Å². The van der Waals surface area contributed by atoms with Gasteiger partial charge >= 0.3 is 5.69 Å². The van der Waals surface area contributed by atoms with Gasteiger partial charge in [0.25, 0.3) is 0 Å². The van der Waals surface area contributed by atoms with E-state index in [1.165, 1.54) is 12.1 Å². The second-order valence-electron chi connectivity index (χ2n) is 3.28. The first-order valence-electron chi connectivity index (χ1n) is 5.00. The molecule has 0 saturated heterocycles. The van der Waals surface area contributed by atoms with Crippen LogP contribution in [-0.2, 0) is 0 Å². The molecule has 0 radical (unpaired) electrons. The summed E-state index contributed by atoms with van der Waals surface area (Å²) in [6.45, 7) is 1.37. The summed E-state index contributed by atoms with van der Waals surface area (Å²) in [5.41, 5.74) is 10.6. The van der Waals surface area contributed by atoms with E-state index in [4.69, 9.17) is 11.5 Å². The Hall–Kier alpha value is -1.89. The lowest BCUT2D eigenvalue weighted by atomic mass is 10.3. The largest absolute Gasteiger partial charge is 0.378 e. The zero-order valence-electron chi connectivity index (χ0n) is 8.85. The molecule has 0 unspecified atom stereocenters. The van der Waals surface area contributed by atoms with Gasteiger partial charge in [-0.2, -0.15) is 0 Å². The minimum absolute atomic E-state index is 0.0752. The first kappa shape index (κ1) is 12.2. The molecule has 0 fully saturated rings. The van der Waals surface area contributed by atoms with Crippen LogP contribution in [0.1, 0.15) is 12.8 Å². The first-order valence-corrected chi connectivity index (χ1v) is 5.00. The summed E-state index contributed by atoms with van der Waals surface area (Å²) in [6.07, 6.45) is 1.85. The third kappa shape index (κ3) is 3.35. The van der Waals surface area contributed by atoms with Crippen LogP contribution in [-0.4, -0.2) is 23.0 Å². The number of hydrogen-bond acceptors (Lipinski definition) is 6. The van der Waals surface area contributed by atoms with E-state index in [2.05, 4.69) is 10.3 Å². The van der Waals surface area contributed by atoms with Gasteiger partial charge in [0.2, 0.25) is 5.82 Å². The number of nitrogens with one attached hydrogen (secondary N) is 1. The normalized spacial score (nSPS) is 10.1. The van der Waals surface area contributed by atoms with E-state index in [-0.39, 0.29) is 11.5 Å². The molecule has 7 heteroatoms. The van der Waals surface area contributed by atoms with Crippen molar-refractivity contribution in [2.24, 2.45) is 5.73 Å². The highest BCUT2D eigenvalue weighted by atomic mass is 16.6. The van der Waals surface area contributed by atoms with Gasteiger partial charge in [0.1, 0.15) is 5.82 Å². The fraction of sp³-hybridized carbons (Fsp3) is 0.444. The zero-order valence-corrected chi connectivity index (χ0v) is 8.85. The molecule has 0 atom stereocenters. The summed E-state index contributed by atoms with van der Waals surface area (Å²) in [7, 11) is 0. The second kappa shape index (κ2) is 5.86. The standard InChI is InChI=1S/C9H15N5O2/c10-5-1-2-6-12-8-4-3-7(14(15)16)9(11)13-8/h3-4H,1-2,5-6,10H2,(H3,11,12,13). The molecule has 1 aromatic heterocycles. The number of nitrogens with zero attached hydrogens (tertiary/aromatic N) is 2. The minimum Gasteiger partial charge on any atom is -0.378 e. The molecule has 1 aromatic rings. The van der Waals surface area contributed by atoms with Crippen LogP contribution < -0.4 is 16.8 Å². The third-order valence-corrected chi connectivity index (χ3v) is 2.04. The van der Waals surface area contributed by atoms with Crippen molar-refractivity contribution in [3.05, 3.63) is 22.2 Å². The quantitative estimate of drug-likeness (QED) is 0.372. The van der Waals surface area contributed by atoms with Crippen molar-refractivity contribution in [3.8, 4) is 0 Å². The van der Waals surface area contributed by atoms with E-state index in [9.17, 15) is 10.1 Å². The average Bonchev–Trinajstić information content (AvgIpc) is 2.24. The van der Waals surface area contributed by atoms with E-state index < -0.39 is 4.92 Å². The van der Waals surface area contributed by atoms with Crippen LogP contribution in [0.25, 0.3) is 0 Å². The number of nitrogens with two attached hydrogens (primary N) is 2. The predicted molar refractivity (Wildman–Crippen MR) is 62.1 cm³/mol. The summed E-state index contributed by atoms with van der Waals surface area (Å²) in [5, 5.41) is 13.5. The number of anilines is 2. The topological polar surface area (TPSA) is 120 Å². The summed E-state index contributed by atoms with van der Waals surface area (Å²) in [5.74, 6) is 0.467. The number of nitrogen functional groups attached to an aromatic ring is 1. The smallest absolute Gasteiger partial charge is 0.311 e. The van der Waals surface area contributed by atoms with Gasteiger partial charge in [0.05, 0.1) is 4.92 Å². The molecule has 0 bridgehead atoms. The Morgan fingerprint density at radius 2 is 2.19 bits per heavy atom. The first-order chi connectivity index (χ1) is 7.65. The van der Waals surface area contributed by atoms with Gasteiger partial charge < -0.3 is 16.8 Å². The van der Waals surface area contributed by atoms with Crippen LogP contribution in [0.4, 0.5) is 17.3 Å². The van der Waals surface area contributed by atoms with Crippen molar-refractivity contribution in [2.45, 2.75) is 12.8 Å². The summed E-state index contributed by atoms with van der Waals surface area (Å²) in [6, 6.07) is 2.88. The molecule has 0 aliphatic rings. The molecule has 0 aliphatic heterocycles.